The largest absolute Gasteiger partial charge is 0.497 e. The number of rotatable bonds is 5. The van der Waals surface area contributed by atoms with Gasteiger partial charge in [-0.1, -0.05) is 0 Å². The Bertz CT molecular complexity index is 510. The lowest BCUT2D eigenvalue weighted by molar-refractivity contribution is -0.113. The van der Waals surface area contributed by atoms with Crippen molar-refractivity contribution in [2.24, 2.45) is 11.0 Å². The van der Waals surface area contributed by atoms with Crippen molar-refractivity contribution in [3.8, 4) is 11.8 Å². The van der Waals surface area contributed by atoms with Crippen molar-refractivity contribution in [1.82, 2.24) is 0 Å². The first-order chi connectivity index (χ1) is 8.74. The maximum Gasteiger partial charge on any atom is 0.203 e. The van der Waals surface area contributed by atoms with Gasteiger partial charge in [0, 0.05) is 5.92 Å². The van der Waals surface area contributed by atoms with Crippen molar-refractivity contribution < 1.29 is 9.53 Å². The van der Waals surface area contributed by atoms with Gasteiger partial charge in [0.25, 0.3) is 0 Å². The Kier molecular flexibility index (Phi) is 3.58. The van der Waals surface area contributed by atoms with E-state index >= 15 is 0 Å². The van der Waals surface area contributed by atoms with E-state index in [1.807, 2.05) is 6.07 Å². The van der Waals surface area contributed by atoms with Gasteiger partial charge < -0.3 is 4.74 Å². The molecule has 5 heteroatoms. The van der Waals surface area contributed by atoms with Gasteiger partial charge in [0.15, 0.2) is 5.78 Å². The summed E-state index contributed by atoms with van der Waals surface area (Å²) in [5.74, 6) is 0.568. The number of methoxy groups -OCH3 is 1. The summed E-state index contributed by atoms with van der Waals surface area (Å²) < 4.78 is 5.02. The highest BCUT2D eigenvalue weighted by molar-refractivity contribution is 6.47. The first-order valence-electron chi connectivity index (χ1n) is 5.66. The highest BCUT2D eigenvalue weighted by Crippen LogP contribution is 2.30. The first-order valence-corrected chi connectivity index (χ1v) is 5.66. The number of anilines is 1. The van der Waals surface area contributed by atoms with Gasteiger partial charge in [0.05, 0.1) is 12.8 Å². The van der Waals surface area contributed by atoms with Gasteiger partial charge in [-0.25, -0.2) is 0 Å². The van der Waals surface area contributed by atoms with Crippen LogP contribution in [0.4, 0.5) is 5.69 Å². The van der Waals surface area contributed by atoms with E-state index in [2.05, 4.69) is 10.5 Å². The quantitative estimate of drug-likeness (QED) is 0.633. The number of nitrogens with one attached hydrogen (secondary N) is 1. The number of nitriles is 1. The summed E-state index contributed by atoms with van der Waals surface area (Å²) in [6.45, 7) is 0. The first kappa shape index (κ1) is 12.1. The second-order valence-electron chi connectivity index (χ2n) is 4.05. The highest BCUT2D eigenvalue weighted by Gasteiger charge is 2.32. The molecule has 1 aromatic rings. The number of Topliss-reactive ketones (excluding diaryl/α,β-unsaturated/α-hetero) is 1. The summed E-state index contributed by atoms with van der Waals surface area (Å²) in [7, 11) is 1.59. The monoisotopic (exact) mass is 243 g/mol. The molecule has 1 aliphatic carbocycles. The van der Waals surface area contributed by atoms with Crippen LogP contribution in [0.2, 0.25) is 0 Å². The van der Waals surface area contributed by atoms with Crippen molar-refractivity contribution in [1.29, 1.82) is 5.26 Å². The Morgan fingerprint density at radius 1 is 1.44 bits per heavy atom. The van der Waals surface area contributed by atoms with E-state index in [4.69, 9.17) is 10.00 Å². The molecule has 0 amide bonds. The predicted molar refractivity (Wildman–Crippen MR) is 67.4 cm³/mol. The average molecular weight is 243 g/mol. The number of carbonyl (C=O) groups excluding carboxylic acids is 1. The van der Waals surface area contributed by atoms with Crippen molar-refractivity contribution in [2.75, 3.05) is 12.5 Å². The number of carbonyl (C=O) groups is 1. The van der Waals surface area contributed by atoms with Crippen molar-refractivity contribution >= 4 is 17.2 Å². The Morgan fingerprint density at radius 3 is 2.61 bits per heavy atom. The molecule has 0 saturated heterocycles. The summed E-state index contributed by atoms with van der Waals surface area (Å²) in [6, 6.07) is 8.90. The lowest BCUT2D eigenvalue weighted by Gasteiger charge is -2.03. The van der Waals surface area contributed by atoms with Crippen LogP contribution in [-0.4, -0.2) is 18.6 Å². The third-order valence-electron chi connectivity index (χ3n) is 2.67. The van der Waals surface area contributed by atoms with Crippen LogP contribution in [0.3, 0.4) is 0 Å². The van der Waals surface area contributed by atoms with Crippen LogP contribution in [0.1, 0.15) is 12.8 Å². The molecule has 0 spiro atoms. The molecule has 1 fully saturated rings. The van der Waals surface area contributed by atoms with Gasteiger partial charge in [-0.2, -0.15) is 10.4 Å². The van der Waals surface area contributed by atoms with E-state index in [1.54, 1.807) is 31.4 Å². The van der Waals surface area contributed by atoms with Crippen molar-refractivity contribution in [2.45, 2.75) is 12.8 Å². The molecule has 1 N–H and O–H groups in total. The maximum absolute atomic E-state index is 11.6. The number of hydrogen-bond donors (Lipinski definition) is 1. The van der Waals surface area contributed by atoms with Crippen LogP contribution in [0.15, 0.2) is 29.4 Å². The summed E-state index contributed by atoms with van der Waals surface area (Å²) in [5.41, 5.74) is 3.34. The molecule has 5 nitrogen and oxygen atoms in total. The zero-order valence-corrected chi connectivity index (χ0v) is 10.0. The highest BCUT2D eigenvalue weighted by atomic mass is 16.5. The normalized spacial score (nSPS) is 14.8. The van der Waals surface area contributed by atoms with Crippen molar-refractivity contribution in [3.63, 3.8) is 0 Å². The van der Waals surface area contributed by atoms with Crippen LogP contribution < -0.4 is 10.2 Å². The van der Waals surface area contributed by atoms with E-state index in [0.717, 1.165) is 18.6 Å². The number of hydrogen-bond acceptors (Lipinski definition) is 5. The number of ketones is 1. The fourth-order valence-corrected chi connectivity index (χ4v) is 1.46. The molecule has 1 aromatic carbocycles. The number of nitrogens with zero attached hydrogens (tertiary/aromatic N) is 2. The third kappa shape index (κ3) is 2.86. The zero-order valence-electron chi connectivity index (χ0n) is 10.0. The van der Waals surface area contributed by atoms with Crippen LogP contribution in [0, 0.1) is 17.2 Å². The smallest absolute Gasteiger partial charge is 0.203 e. The molecular formula is C13H13N3O2. The Balaban J connectivity index is 2.03. The van der Waals surface area contributed by atoms with E-state index < -0.39 is 0 Å². The molecule has 0 unspecified atom stereocenters. The molecule has 1 aliphatic rings. The zero-order chi connectivity index (χ0) is 13.0. The molecule has 18 heavy (non-hydrogen) atoms. The Labute approximate surface area is 105 Å². The fourth-order valence-electron chi connectivity index (χ4n) is 1.46. The second-order valence-corrected chi connectivity index (χ2v) is 4.05. The summed E-state index contributed by atoms with van der Waals surface area (Å²) >= 11 is 0. The minimum atomic E-state index is -0.168. The molecule has 0 aromatic heterocycles. The Morgan fingerprint density at radius 2 is 2.11 bits per heavy atom. The number of ether oxygens (including phenoxy) is 1. The molecular weight excluding hydrogens is 230 g/mol. The van der Waals surface area contributed by atoms with Gasteiger partial charge in [0.1, 0.15) is 11.8 Å². The topological polar surface area (TPSA) is 74.5 Å². The molecule has 0 heterocycles. The molecule has 0 bridgehead atoms. The minimum absolute atomic E-state index is 0.000988. The van der Waals surface area contributed by atoms with Crippen LogP contribution in [-0.2, 0) is 4.79 Å². The summed E-state index contributed by atoms with van der Waals surface area (Å²) in [4.78, 5) is 11.6. The minimum Gasteiger partial charge on any atom is -0.497 e. The van der Waals surface area contributed by atoms with Gasteiger partial charge in [-0.05, 0) is 37.1 Å². The summed E-state index contributed by atoms with van der Waals surface area (Å²) in [6.07, 6.45) is 1.73. The van der Waals surface area contributed by atoms with Crippen LogP contribution >= 0.6 is 0 Å². The summed E-state index contributed by atoms with van der Waals surface area (Å²) in [5, 5.41) is 12.7. The molecule has 1 saturated carbocycles. The van der Waals surface area contributed by atoms with Crippen LogP contribution in [0.5, 0.6) is 5.75 Å². The third-order valence-corrected chi connectivity index (χ3v) is 2.67. The predicted octanol–water partition coefficient (Wildman–Crippen LogP) is 1.97. The standard InChI is InChI=1S/C13H13N3O2/c1-18-11-6-4-10(5-7-11)15-16-12(8-14)13(17)9-2-3-9/h4-7,9,15H,2-3H2,1H3/b16-12-. The Hall–Kier alpha value is -2.35. The molecule has 0 aliphatic heterocycles. The van der Waals surface area contributed by atoms with E-state index in [1.165, 1.54) is 0 Å². The fraction of sp³-hybridized carbons (Fsp3) is 0.308. The lowest BCUT2D eigenvalue weighted by atomic mass is 10.2. The number of hydrazone groups is 1. The lowest BCUT2D eigenvalue weighted by Crippen LogP contribution is -2.15. The maximum atomic E-state index is 11.6. The molecule has 2 rings (SSSR count). The second kappa shape index (κ2) is 5.32. The van der Waals surface area contributed by atoms with E-state index in [0.29, 0.717) is 5.69 Å². The van der Waals surface area contributed by atoms with Crippen LogP contribution in [0.25, 0.3) is 0 Å². The average Bonchev–Trinajstić information content (AvgIpc) is 3.24. The molecule has 0 atom stereocenters. The van der Waals surface area contributed by atoms with Gasteiger partial charge in [0.2, 0.25) is 5.71 Å². The molecule has 0 radical (unpaired) electrons. The van der Waals surface area contributed by atoms with Gasteiger partial charge in [-0.15, -0.1) is 0 Å². The SMILES string of the molecule is COc1ccc(N/N=C(/C#N)C(=O)C2CC2)cc1. The van der Waals surface area contributed by atoms with E-state index in [9.17, 15) is 4.79 Å². The van der Waals surface area contributed by atoms with Gasteiger partial charge in [-0.3, -0.25) is 10.2 Å². The molecule has 92 valence electrons. The number of benzene rings is 1. The van der Waals surface area contributed by atoms with Gasteiger partial charge >= 0.3 is 0 Å². The van der Waals surface area contributed by atoms with E-state index in [-0.39, 0.29) is 17.4 Å². The van der Waals surface area contributed by atoms with Crippen molar-refractivity contribution in [3.05, 3.63) is 24.3 Å².